The third-order valence-corrected chi connectivity index (χ3v) is 5.29. The molecule has 7 N–H and O–H groups in total. The van der Waals surface area contributed by atoms with Crippen LogP contribution in [0.1, 0.15) is 33.9 Å². The quantitative estimate of drug-likeness (QED) is 0.193. The monoisotopic (exact) mass is 561 g/mol. The SMILES string of the molecule is NC(N)=NCC[C@H](NC(=O)c1cccn(C(c2ccccc2)c2ccccc2)c1=O)C(=O)O.O=C(O)C(F)(F)F. The standard InChI is InChI=1S/C24H25N5O4.C2HF3O2/c25-24(26)27-14-13-19(23(32)33)28-21(30)18-12-7-15-29(22(18)31)20(16-8-3-1-4-9-16)17-10-5-2-6-11-17;3-2(4,5)1(6)7/h1-12,15,19-20H,13-14H2,(H,28,30)(H,32,33)(H4,25,26,27);(H,6,7)/t19-;/m0./s1. The van der Waals surface area contributed by atoms with Crippen LogP contribution in [0.2, 0.25) is 0 Å². The molecular weight excluding hydrogens is 535 g/mol. The Morgan fingerprint density at radius 3 is 1.82 bits per heavy atom. The number of guanidine groups is 1. The van der Waals surface area contributed by atoms with Gasteiger partial charge in [-0.05, 0) is 29.7 Å². The number of rotatable bonds is 9. The molecule has 3 rings (SSSR count). The molecule has 40 heavy (non-hydrogen) atoms. The number of pyridine rings is 1. The Morgan fingerprint density at radius 1 is 0.900 bits per heavy atom. The summed E-state index contributed by atoms with van der Waals surface area (Å²) in [6, 6.07) is 20.1. The van der Waals surface area contributed by atoms with Crippen molar-refractivity contribution < 1.29 is 37.8 Å². The lowest BCUT2D eigenvalue weighted by Gasteiger charge is -2.22. The van der Waals surface area contributed by atoms with Gasteiger partial charge in [-0.1, -0.05) is 60.7 Å². The number of halogens is 3. The van der Waals surface area contributed by atoms with Gasteiger partial charge in [0.1, 0.15) is 11.6 Å². The van der Waals surface area contributed by atoms with Gasteiger partial charge in [0.2, 0.25) is 0 Å². The van der Waals surface area contributed by atoms with E-state index in [-0.39, 0.29) is 24.5 Å². The molecule has 1 heterocycles. The van der Waals surface area contributed by atoms with Crippen molar-refractivity contribution in [2.75, 3.05) is 6.54 Å². The number of alkyl halides is 3. The van der Waals surface area contributed by atoms with Gasteiger partial charge in [-0.25, -0.2) is 9.59 Å². The van der Waals surface area contributed by atoms with Gasteiger partial charge < -0.3 is 31.6 Å². The summed E-state index contributed by atoms with van der Waals surface area (Å²) in [5.41, 5.74) is 11.5. The number of carbonyl (C=O) groups is 3. The molecule has 0 aliphatic heterocycles. The van der Waals surface area contributed by atoms with E-state index in [9.17, 15) is 32.7 Å². The average Bonchev–Trinajstić information content (AvgIpc) is 2.90. The number of benzene rings is 2. The summed E-state index contributed by atoms with van der Waals surface area (Å²) in [5.74, 6) is -4.97. The number of nitrogens with one attached hydrogen (secondary N) is 1. The number of nitrogens with two attached hydrogens (primary N) is 2. The van der Waals surface area contributed by atoms with Gasteiger partial charge in [0, 0.05) is 12.7 Å². The maximum atomic E-state index is 13.4. The molecule has 1 amide bonds. The second-order valence-corrected chi connectivity index (χ2v) is 8.12. The molecule has 1 atom stereocenters. The van der Waals surface area contributed by atoms with E-state index in [2.05, 4.69) is 10.3 Å². The van der Waals surface area contributed by atoms with Crippen LogP contribution in [-0.4, -0.2) is 57.3 Å². The van der Waals surface area contributed by atoms with Crippen LogP contribution in [-0.2, 0) is 9.59 Å². The molecule has 11 nitrogen and oxygen atoms in total. The number of aliphatic imine (C=N–C) groups is 1. The van der Waals surface area contributed by atoms with E-state index >= 15 is 0 Å². The van der Waals surface area contributed by atoms with Gasteiger partial charge in [-0.2, -0.15) is 13.2 Å². The summed E-state index contributed by atoms with van der Waals surface area (Å²) >= 11 is 0. The third-order valence-electron chi connectivity index (χ3n) is 5.29. The molecule has 0 fully saturated rings. The zero-order valence-electron chi connectivity index (χ0n) is 20.8. The van der Waals surface area contributed by atoms with E-state index < -0.39 is 41.7 Å². The summed E-state index contributed by atoms with van der Waals surface area (Å²) in [5, 5.41) is 19.0. The lowest BCUT2D eigenvalue weighted by Crippen LogP contribution is -2.44. The Labute approximate surface area is 225 Å². The summed E-state index contributed by atoms with van der Waals surface area (Å²) in [6.07, 6.45) is -3.51. The molecule has 14 heteroatoms. The van der Waals surface area contributed by atoms with Gasteiger partial charge in [-0.15, -0.1) is 0 Å². The van der Waals surface area contributed by atoms with Crippen molar-refractivity contribution in [3.05, 3.63) is 106 Å². The summed E-state index contributed by atoms with van der Waals surface area (Å²) in [6.45, 7) is 0.0166. The first-order valence-corrected chi connectivity index (χ1v) is 11.5. The molecule has 2 aromatic carbocycles. The molecular formula is C26H26F3N5O6. The van der Waals surface area contributed by atoms with Crippen molar-refractivity contribution >= 4 is 23.8 Å². The average molecular weight is 562 g/mol. The minimum Gasteiger partial charge on any atom is -0.480 e. The predicted molar refractivity (Wildman–Crippen MR) is 139 cm³/mol. The molecule has 0 aliphatic carbocycles. The first kappa shape index (κ1) is 31.1. The number of amides is 1. The van der Waals surface area contributed by atoms with Gasteiger partial charge in [-0.3, -0.25) is 14.6 Å². The topological polar surface area (TPSA) is 190 Å². The van der Waals surface area contributed by atoms with Crippen LogP contribution in [0.15, 0.2) is 88.8 Å². The zero-order chi connectivity index (χ0) is 29.9. The Balaban J connectivity index is 0.000000708. The highest BCUT2D eigenvalue weighted by atomic mass is 19.4. The Morgan fingerprint density at radius 2 is 1.40 bits per heavy atom. The number of aliphatic carboxylic acids is 2. The van der Waals surface area contributed by atoms with Gasteiger partial charge in [0.05, 0.1) is 6.04 Å². The van der Waals surface area contributed by atoms with Crippen molar-refractivity contribution in [3.8, 4) is 0 Å². The van der Waals surface area contributed by atoms with Crippen molar-refractivity contribution in [3.63, 3.8) is 0 Å². The Hall–Kier alpha value is -5.14. The van der Waals surface area contributed by atoms with Crippen LogP contribution in [0.3, 0.4) is 0 Å². The van der Waals surface area contributed by atoms with Crippen molar-refractivity contribution in [2.24, 2.45) is 16.5 Å². The second-order valence-electron chi connectivity index (χ2n) is 8.12. The normalized spacial score (nSPS) is 11.5. The fourth-order valence-electron chi connectivity index (χ4n) is 3.49. The van der Waals surface area contributed by atoms with E-state index in [0.29, 0.717) is 0 Å². The lowest BCUT2D eigenvalue weighted by atomic mass is 9.98. The molecule has 0 saturated heterocycles. The Kier molecular flexibility index (Phi) is 11.0. The largest absolute Gasteiger partial charge is 0.490 e. The summed E-state index contributed by atoms with van der Waals surface area (Å²) in [7, 11) is 0. The fraction of sp³-hybridized carbons (Fsp3) is 0.192. The molecule has 0 aliphatic rings. The predicted octanol–water partition coefficient (Wildman–Crippen LogP) is 1.97. The molecule has 0 unspecified atom stereocenters. The number of hydrogen-bond acceptors (Lipinski definition) is 5. The zero-order valence-corrected chi connectivity index (χ0v) is 20.8. The number of hydrogen-bond donors (Lipinski definition) is 5. The maximum absolute atomic E-state index is 13.4. The van der Waals surface area contributed by atoms with Crippen LogP contribution in [0.25, 0.3) is 0 Å². The highest BCUT2D eigenvalue weighted by Crippen LogP contribution is 2.25. The minimum absolute atomic E-state index is 0.0166. The van der Waals surface area contributed by atoms with Crippen molar-refractivity contribution in [1.29, 1.82) is 0 Å². The number of nitrogens with zero attached hydrogens (tertiary/aromatic N) is 2. The van der Waals surface area contributed by atoms with E-state index in [1.54, 1.807) is 12.3 Å². The van der Waals surface area contributed by atoms with Crippen molar-refractivity contribution in [2.45, 2.75) is 24.7 Å². The number of aromatic nitrogens is 1. The molecule has 0 radical (unpaired) electrons. The minimum atomic E-state index is -5.08. The summed E-state index contributed by atoms with van der Waals surface area (Å²) in [4.78, 5) is 50.4. The number of carboxylic acids is 2. The van der Waals surface area contributed by atoms with Crippen LogP contribution >= 0.6 is 0 Å². The lowest BCUT2D eigenvalue weighted by molar-refractivity contribution is -0.192. The van der Waals surface area contributed by atoms with Gasteiger partial charge in [0.25, 0.3) is 11.5 Å². The number of carbonyl (C=O) groups excluding carboxylic acids is 1. The maximum Gasteiger partial charge on any atom is 0.490 e. The molecule has 0 bridgehead atoms. The number of carboxylic acid groups (broad SMARTS) is 2. The van der Waals surface area contributed by atoms with E-state index in [1.807, 2.05) is 60.7 Å². The van der Waals surface area contributed by atoms with Crippen LogP contribution < -0.4 is 22.3 Å². The molecule has 1 aromatic heterocycles. The second kappa shape index (κ2) is 14.1. The molecule has 0 saturated carbocycles. The fourth-order valence-corrected chi connectivity index (χ4v) is 3.49. The molecule has 212 valence electrons. The molecule has 0 spiro atoms. The molecule has 3 aromatic rings. The van der Waals surface area contributed by atoms with Crippen LogP contribution in [0, 0.1) is 0 Å². The van der Waals surface area contributed by atoms with E-state index in [0.717, 1.165) is 11.1 Å². The Bertz CT molecular complexity index is 1350. The first-order valence-electron chi connectivity index (χ1n) is 11.5. The van der Waals surface area contributed by atoms with Gasteiger partial charge >= 0.3 is 18.1 Å². The van der Waals surface area contributed by atoms with Crippen LogP contribution in [0.5, 0.6) is 0 Å². The van der Waals surface area contributed by atoms with E-state index in [1.165, 1.54) is 10.6 Å². The third kappa shape index (κ3) is 9.01. The first-order chi connectivity index (χ1) is 18.8. The highest BCUT2D eigenvalue weighted by molar-refractivity contribution is 5.96. The van der Waals surface area contributed by atoms with Crippen LogP contribution in [0.4, 0.5) is 13.2 Å². The summed E-state index contributed by atoms with van der Waals surface area (Å²) < 4.78 is 33.2. The van der Waals surface area contributed by atoms with Crippen molar-refractivity contribution in [1.82, 2.24) is 9.88 Å². The highest BCUT2D eigenvalue weighted by Gasteiger charge is 2.38. The van der Waals surface area contributed by atoms with E-state index in [4.69, 9.17) is 21.4 Å². The smallest absolute Gasteiger partial charge is 0.480 e. The van der Waals surface area contributed by atoms with Gasteiger partial charge in [0.15, 0.2) is 5.96 Å².